The van der Waals surface area contributed by atoms with Crippen LogP contribution in [-0.2, 0) is 11.2 Å². The highest BCUT2D eigenvalue weighted by Crippen LogP contribution is 2.30. The molecule has 1 aliphatic heterocycles. The summed E-state index contributed by atoms with van der Waals surface area (Å²) >= 11 is 0. The van der Waals surface area contributed by atoms with Gasteiger partial charge < -0.3 is 9.80 Å². The summed E-state index contributed by atoms with van der Waals surface area (Å²) in [6, 6.07) is 12.7. The number of hydrogen-bond acceptors (Lipinski definition) is 3. The first-order valence-electron chi connectivity index (χ1n) is 10.2. The van der Waals surface area contributed by atoms with Crippen molar-refractivity contribution in [1.29, 1.82) is 0 Å². The molecule has 4 nitrogen and oxygen atoms in total. The highest BCUT2D eigenvalue weighted by atomic mass is 16.2. The summed E-state index contributed by atoms with van der Waals surface area (Å²) in [5, 5.41) is 0. The van der Waals surface area contributed by atoms with E-state index in [1.165, 1.54) is 36.1 Å². The van der Waals surface area contributed by atoms with Crippen molar-refractivity contribution in [3.63, 3.8) is 0 Å². The van der Waals surface area contributed by atoms with E-state index in [4.69, 9.17) is 0 Å². The standard InChI is InChI=1S/C23H29N3O/c1-2-26-14-13-25(16-19-3-4-19)17-22(23(26)27)15-18-5-7-20(8-6-18)21-9-11-24-12-10-21/h5-12,19,22H,2-4,13-17H2,1H3/t22-/m1/s1. The summed E-state index contributed by atoms with van der Waals surface area (Å²) in [6.07, 6.45) is 7.20. The van der Waals surface area contributed by atoms with Crippen LogP contribution in [0, 0.1) is 11.8 Å². The van der Waals surface area contributed by atoms with Crippen molar-refractivity contribution in [2.45, 2.75) is 26.2 Å². The van der Waals surface area contributed by atoms with Gasteiger partial charge in [-0.1, -0.05) is 24.3 Å². The molecule has 0 unspecified atom stereocenters. The van der Waals surface area contributed by atoms with Crippen LogP contribution in [0.2, 0.25) is 0 Å². The predicted molar refractivity (Wildman–Crippen MR) is 108 cm³/mol. The minimum absolute atomic E-state index is 0.0676. The van der Waals surface area contributed by atoms with E-state index < -0.39 is 0 Å². The quantitative estimate of drug-likeness (QED) is 0.788. The maximum Gasteiger partial charge on any atom is 0.227 e. The molecule has 2 heterocycles. The average Bonchev–Trinajstić information content (AvgIpc) is 3.53. The lowest BCUT2D eigenvalue weighted by Crippen LogP contribution is -2.37. The molecule has 0 spiro atoms. The molecule has 4 heteroatoms. The fourth-order valence-corrected chi connectivity index (χ4v) is 4.07. The van der Waals surface area contributed by atoms with Gasteiger partial charge in [-0.2, -0.15) is 0 Å². The smallest absolute Gasteiger partial charge is 0.227 e. The van der Waals surface area contributed by atoms with Gasteiger partial charge in [-0.3, -0.25) is 9.78 Å². The highest BCUT2D eigenvalue weighted by Gasteiger charge is 2.32. The first-order chi connectivity index (χ1) is 13.2. The number of amides is 1. The number of pyridine rings is 1. The maximum absolute atomic E-state index is 13.0. The normalized spacial score (nSPS) is 21.3. The summed E-state index contributed by atoms with van der Waals surface area (Å²) in [6.45, 7) is 6.87. The molecular formula is C23H29N3O. The van der Waals surface area contributed by atoms with Crippen LogP contribution in [0.1, 0.15) is 25.3 Å². The second kappa shape index (κ2) is 8.22. The van der Waals surface area contributed by atoms with Crippen molar-refractivity contribution in [2.75, 3.05) is 32.7 Å². The monoisotopic (exact) mass is 363 g/mol. The van der Waals surface area contributed by atoms with E-state index in [1.54, 1.807) is 0 Å². The highest BCUT2D eigenvalue weighted by molar-refractivity contribution is 5.79. The molecule has 1 aromatic heterocycles. The zero-order valence-electron chi connectivity index (χ0n) is 16.2. The van der Waals surface area contributed by atoms with E-state index in [0.717, 1.165) is 38.5 Å². The van der Waals surface area contributed by atoms with Gasteiger partial charge in [0.2, 0.25) is 5.91 Å². The molecule has 142 valence electrons. The van der Waals surface area contributed by atoms with Gasteiger partial charge in [-0.15, -0.1) is 0 Å². The van der Waals surface area contributed by atoms with E-state index in [-0.39, 0.29) is 5.92 Å². The number of aromatic nitrogens is 1. The summed E-state index contributed by atoms with van der Waals surface area (Å²) < 4.78 is 0. The molecule has 1 atom stereocenters. The number of hydrogen-bond donors (Lipinski definition) is 0. The van der Waals surface area contributed by atoms with Crippen LogP contribution >= 0.6 is 0 Å². The SMILES string of the molecule is CCN1CCN(CC2CC2)C[C@@H](Cc2ccc(-c3ccncc3)cc2)C1=O. The minimum atomic E-state index is 0.0676. The third-order valence-corrected chi connectivity index (χ3v) is 5.87. The van der Waals surface area contributed by atoms with Crippen LogP contribution in [0.3, 0.4) is 0 Å². The van der Waals surface area contributed by atoms with Gasteiger partial charge in [0, 0.05) is 45.1 Å². The molecule has 2 aliphatic rings. The first kappa shape index (κ1) is 18.2. The molecule has 2 fully saturated rings. The van der Waals surface area contributed by atoms with E-state index in [2.05, 4.69) is 41.1 Å². The Kier molecular flexibility index (Phi) is 5.53. The predicted octanol–water partition coefficient (Wildman–Crippen LogP) is 3.48. The third kappa shape index (κ3) is 4.56. The van der Waals surface area contributed by atoms with Crippen molar-refractivity contribution >= 4 is 5.91 Å². The summed E-state index contributed by atoms with van der Waals surface area (Å²) in [7, 11) is 0. The molecule has 1 amide bonds. The number of carbonyl (C=O) groups excluding carboxylic acids is 1. The Labute approximate surface area is 162 Å². The lowest BCUT2D eigenvalue weighted by atomic mass is 9.95. The van der Waals surface area contributed by atoms with Crippen molar-refractivity contribution in [3.8, 4) is 11.1 Å². The topological polar surface area (TPSA) is 36.4 Å². The van der Waals surface area contributed by atoms with Gasteiger partial charge >= 0.3 is 0 Å². The number of carbonyl (C=O) groups is 1. The Morgan fingerprint density at radius 2 is 1.70 bits per heavy atom. The Morgan fingerprint density at radius 3 is 2.37 bits per heavy atom. The second-order valence-corrected chi connectivity index (χ2v) is 7.95. The molecule has 0 N–H and O–H groups in total. The van der Waals surface area contributed by atoms with Crippen LogP contribution in [0.4, 0.5) is 0 Å². The van der Waals surface area contributed by atoms with E-state index in [0.29, 0.717) is 5.91 Å². The van der Waals surface area contributed by atoms with Gasteiger partial charge in [-0.05, 0) is 60.9 Å². The summed E-state index contributed by atoms with van der Waals surface area (Å²) in [5.41, 5.74) is 3.62. The van der Waals surface area contributed by atoms with Crippen LogP contribution in [-0.4, -0.2) is 53.4 Å². The number of nitrogens with zero attached hydrogens (tertiary/aromatic N) is 3. The van der Waals surface area contributed by atoms with Crippen LogP contribution in [0.15, 0.2) is 48.8 Å². The summed E-state index contributed by atoms with van der Waals surface area (Å²) in [4.78, 5) is 21.7. The molecule has 1 aliphatic carbocycles. The number of rotatable bonds is 6. The van der Waals surface area contributed by atoms with Gasteiger partial charge in [0.25, 0.3) is 0 Å². The van der Waals surface area contributed by atoms with E-state index in [9.17, 15) is 4.79 Å². The summed E-state index contributed by atoms with van der Waals surface area (Å²) in [5.74, 6) is 1.26. The molecule has 4 rings (SSSR count). The zero-order valence-corrected chi connectivity index (χ0v) is 16.2. The van der Waals surface area contributed by atoms with Crippen molar-refractivity contribution in [2.24, 2.45) is 11.8 Å². The first-order valence-corrected chi connectivity index (χ1v) is 10.2. The van der Waals surface area contributed by atoms with Crippen LogP contribution in [0.25, 0.3) is 11.1 Å². The molecule has 0 radical (unpaired) electrons. The average molecular weight is 364 g/mol. The molecule has 0 bridgehead atoms. The lowest BCUT2D eigenvalue weighted by molar-refractivity contribution is -0.134. The van der Waals surface area contributed by atoms with E-state index in [1.807, 2.05) is 29.4 Å². The van der Waals surface area contributed by atoms with Crippen LogP contribution < -0.4 is 0 Å². The molecule has 1 saturated carbocycles. The van der Waals surface area contributed by atoms with E-state index >= 15 is 0 Å². The van der Waals surface area contributed by atoms with Crippen molar-refractivity contribution in [3.05, 3.63) is 54.4 Å². The zero-order chi connectivity index (χ0) is 18.6. The number of benzene rings is 1. The Bertz CT molecular complexity index is 755. The maximum atomic E-state index is 13.0. The molecular weight excluding hydrogens is 334 g/mol. The Morgan fingerprint density at radius 1 is 1.00 bits per heavy atom. The van der Waals surface area contributed by atoms with Crippen LogP contribution in [0.5, 0.6) is 0 Å². The fraction of sp³-hybridized carbons (Fsp3) is 0.478. The van der Waals surface area contributed by atoms with Gasteiger partial charge in [0.15, 0.2) is 0 Å². The van der Waals surface area contributed by atoms with Crippen molar-refractivity contribution < 1.29 is 4.79 Å². The molecule has 1 aromatic carbocycles. The van der Waals surface area contributed by atoms with Gasteiger partial charge in [0.05, 0.1) is 5.92 Å². The number of likely N-dealkylation sites (N-methyl/N-ethyl adjacent to an activating group) is 1. The molecule has 1 saturated heterocycles. The minimum Gasteiger partial charge on any atom is -0.341 e. The molecule has 2 aromatic rings. The van der Waals surface area contributed by atoms with Crippen molar-refractivity contribution in [1.82, 2.24) is 14.8 Å². The molecule has 27 heavy (non-hydrogen) atoms. The third-order valence-electron chi connectivity index (χ3n) is 5.87. The Balaban J connectivity index is 1.47. The Hall–Kier alpha value is -2.20. The lowest BCUT2D eigenvalue weighted by Gasteiger charge is -2.23. The van der Waals surface area contributed by atoms with Gasteiger partial charge in [0.1, 0.15) is 0 Å². The fourth-order valence-electron chi connectivity index (χ4n) is 4.07. The van der Waals surface area contributed by atoms with Gasteiger partial charge in [-0.25, -0.2) is 0 Å². The largest absolute Gasteiger partial charge is 0.341 e. The second-order valence-electron chi connectivity index (χ2n) is 7.95.